The van der Waals surface area contributed by atoms with Crippen LogP contribution in [0.1, 0.15) is 23.2 Å². The highest BCUT2D eigenvalue weighted by Crippen LogP contribution is 2.24. The molecule has 1 heterocycles. The largest absolute Gasteiger partial charge is 0.444 e. The van der Waals surface area contributed by atoms with Crippen LogP contribution < -0.4 is 11.1 Å². The predicted molar refractivity (Wildman–Crippen MR) is 120 cm³/mol. The monoisotopic (exact) mass is 492 g/mol. The highest BCUT2D eigenvalue weighted by Gasteiger charge is 2.11. The van der Waals surface area contributed by atoms with Gasteiger partial charge in [0.15, 0.2) is 5.96 Å². The van der Waals surface area contributed by atoms with E-state index in [9.17, 15) is 4.39 Å². The van der Waals surface area contributed by atoms with Crippen LogP contribution in [0.25, 0.3) is 11.5 Å². The van der Waals surface area contributed by atoms with Crippen molar-refractivity contribution < 1.29 is 8.81 Å². The zero-order valence-electron chi connectivity index (χ0n) is 15.3. The minimum Gasteiger partial charge on any atom is -0.444 e. The van der Waals surface area contributed by atoms with Crippen LogP contribution in [0.4, 0.5) is 10.1 Å². The minimum absolute atomic E-state index is 0. The summed E-state index contributed by atoms with van der Waals surface area (Å²) >= 11 is 0. The van der Waals surface area contributed by atoms with E-state index in [1.807, 2.05) is 6.07 Å². The Morgan fingerprint density at radius 2 is 1.93 bits per heavy atom. The van der Waals surface area contributed by atoms with Crippen molar-refractivity contribution in [1.82, 2.24) is 4.98 Å². The van der Waals surface area contributed by atoms with Crippen molar-refractivity contribution in [3.63, 3.8) is 0 Å². The minimum atomic E-state index is -0.286. The molecule has 0 atom stereocenters. The van der Waals surface area contributed by atoms with Crippen molar-refractivity contribution in [1.29, 1.82) is 0 Å². The van der Waals surface area contributed by atoms with Crippen LogP contribution >= 0.6 is 24.0 Å². The van der Waals surface area contributed by atoms with Crippen molar-refractivity contribution in [2.45, 2.75) is 25.7 Å². The number of nitrogens with zero attached hydrogens (tertiary/aromatic N) is 2. The van der Waals surface area contributed by atoms with Gasteiger partial charge in [-0.25, -0.2) is 9.37 Å². The van der Waals surface area contributed by atoms with E-state index in [2.05, 4.69) is 27.4 Å². The molecule has 0 fully saturated rings. The van der Waals surface area contributed by atoms with E-state index >= 15 is 0 Å². The Hall–Kier alpha value is -2.42. The van der Waals surface area contributed by atoms with E-state index in [1.54, 1.807) is 18.4 Å². The van der Waals surface area contributed by atoms with Crippen molar-refractivity contribution in [3.05, 3.63) is 71.4 Å². The lowest BCUT2D eigenvalue weighted by Gasteiger charge is -2.07. The molecule has 0 saturated carbocycles. The van der Waals surface area contributed by atoms with Gasteiger partial charge in [-0.3, -0.25) is 4.99 Å². The maximum absolute atomic E-state index is 13.0. The number of aliphatic imine (C=N–C) groups is 1. The summed E-state index contributed by atoms with van der Waals surface area (Å²) in [4.78, 5) is 8.76. The van der Waals surface area contributed by atoms with Crippen LogP contribution in [0.3, 0.4) is 0 Å². The number of benzene rings is 2. The Balaban J connectivity index is 0.00000225. The predicted octanol–water partition coefficient (Wildman–Crippen LogP) is 4.56. The van der Waals surface area contributed by atoms with Crippen LogP contribution in [0.15, 0.2) is 58.1 Å². The van der Waals surface area contributed by atoms with Crippen molar-refractivity contribution in [2.24, 2.45) is 10.7 Å². The normalized spacial score (nSPS) is 13.1. The maximum atomic E-state index is 13.0. The highest BCUT2D eigenvalue weighted by atomic mass is 127. The summed E-state index contributed by atoms with van der Waals surface area (Å²) in [5, 5.41) is 3.14. The lowest BCUT2D eigenvalue weighted by Crippen LogP contribution is -2.23. The second kappa shape index (κ2) is 9.18. The van der Waals surface area contributed by atoms with Gasteiger partial charge in [-0.15, -0.1) is 24.0 Å². The summed E-state index contributed by atoms with van der Waals surface area (Å²) in [6.07, 6.45) is 5.72. The van der Waals surface area contributed by atoms with Gasteiger partial charge in [-0.05, 0) is 66.8 Å². The van der Waals surface area contributed by atoms with Crippen molar-refractivity contribution in [3.8, 4) is 11.5 Å². The maximum Gasteiger partial charge on any atom is 0.226 e. The number of oxazole rings is 1. The van der Waals surface area contributed by atoms with Gasteiger partial charge in [0.2, 0.25) is 5.89 Å². The summed E-state index contributed by atoms with van der Waals surface area (Å²) in [6.45, 7) is 0.499. The zero-order valence-corrected chi connectivity index (χ0v) is 17.7. The van der Waals surface area contributed by atoms with Crippen LogP contribution in [-0.2, 0) is 19.3 Å². The highest BCUT2D eigenvalue weighted by molar-refractivity contribution is 14.0. The average molecular weight is 492 g/mol. The molecule has 7 heteroatoms. The molecule has 0 radical (unpaired) electrons. The number of hydrogen-bond donors (Lipinski definition) is 2. The van der Waals surface area contributed by atoms with Gasteiger partial charge in [0, 0.05) is 24.2 Å². The van der Waals surface area contributed by atoms with E-state index in [0.717, 1.165) is 29.8 Å². The third kappa shape index (κ3) is 4.89. The molecule has 0 unspecified atom stereocenters. The van der Waals surface area contributed by atoms with Gasteiger partial charge in [-0.2, -0.15) is 0 Å². The number of hydrogen-bond acceptors (Lipinski definition) is 3. The SMILES string of the molecule is I.NC(=NCCc1coc(-c2ccc(F)cc2)n1)Nc1ccc2c(c1)CCC2. The Morgan fingerprint density at radius 3 is 2.75 bits per heavy atom. The molecule has 5 nitrogen and oxygen atoms in total. The first-order chi connectivity index (χ1) is 13.2. The summed E-state index contributed by atoms with van der Waals surface area (Å²) in [7, 11) is 0. The summed E-state index contributed by atoms with van der Waals surface area (Å²) in [5.74, 6) is 0.569. The van der Waals surface area contributed by atoms with E-state index in [0.29, 0.717) is 24.8 Å². The molecule has 3 N–H and O–H groups in total. The number of aromatic nitrogens is 1. The third-order valence-electron chi connectivity index (χ3n) is 4.66. The van der Waals surface area contributed by atoms with Gasteiger partial charge in [0.05, 0.1) is 5.69 Å². The second-order valence-electron chi connectivity index (χ2n) is 6.63. The molecule has 1 aromatic heterocycles. The topological polar surface area (TPSA) is 76.4 Å². The first kappa shape index (κ1) is 20.3. The molecule has 146 valence electrons. The van der Waals surface area contributed by atoms with Gasteiger partial charge in [-0.1, -0.05) is 6.07 Å². The molecule has 0 amide bonds. The third-order valence-corrected chi connectivity index (χ3v) is 4.66. The summed E-state index contributed by atoms with van der Waals surface area (Å²) in [5.41, 5.74) is 11.3. The molecular formula is C21H22FIN4O. The molecule has 28 heavy (non-hydrogen) atoms. The zero-order chi connectivity index (χ0) is 18.6. The number of halogens is 2. The fourth-order valence-electron chi connectivity index (χ4n) is 3.27. The van der Waals surface area contributed by atoms with Gasteiger partial charge in [0.25, 0.3) is 0 Å². The molecule has 4 rings (SSSR count). The lowest BCUT2D eigenvalue weighted by atomic mass is 10.1. The van der Waals surface area contributed by atoms with Crippen molar-refractivity contribution in [2.75, 3.05) is 11.9 Å². The molecule has 1 aliphatic carbocycles. The molecule has 0 aliphatic heterocycles. The average Bonchev–Trinajstić information content (AvgIpc) is 3.31. The van der Waals surface area contributed by atoms with Gasteiger partial charge >= 0.3 is 0 Å². The molecule has 0 spiro atoms. The van der Waals surface area contributed by atoms with E-state index in [4.69, 9.17) is 10.2 Å². The fourth-order valence-corrected chi connectivity index (χ4v) is 3.27. The first-order valence-electron chi connectivity index (χ1n) is 9.06. The number of guanidine groups is 1. The van der Waals surface area contributed by atoms with E-state index in [1.165, 1.54) is 29.7 Å². The van der Waals surface area contributed by atoms with E-state index < -0.39 is 0 Å². The quantitative estimate of drug-likeness (QED) is 0.311. The Morgan fingerprint density at radius 1 is 1.14 bits per heavy atom. The first-order valence-corrected chi connectivity index (χ1v) is 9.06. The van der Waals surface area contributed by atoms with Crippen molar-refractivity contribution >= 4 is 35.6 Å². The standard InChI is InChI=1S/C21H21FN4O.HI/c22-17-7-4-15(5-8-17)20-25-19(13-27-20)10-11-24-21(23)26-18-9-6-14-2-1-3-16(14)12-18;/h4-9,12-13H,1-3,10-11H2,(H3,23,24,26);1H. The van der Waals surface area contributed by atoms with Crippen LogP contribution in [0, 0.1) is 5.82 Å². The van der Waals surface area contributed by atoms with Gasteiger partial charge < -0.3 is 15.5 Å². The fraction of sp³-hybridized carbons (Fsp3) is 0.238. The number of rotatable bonds is 5. The molecule has 3 aromatic rings. The summed E-state index contributed by atoms with van der Waals surface area (Å²) in [6, 6.07) is 12.4. The number of nitrogens with one attached hydrogen (secondary N) is 1. The summed E-state index contributed by atoms with van der Waals surface area (Å²) < 4.78 is 18.4. The second-order valence-corrected chi connectivity index (χ2v) is 6.63. The molecule has 0 saturated heterocycles. The number of nitrogens with two attached hydrogens (primary N) is 1. The van der Waals surface area contributed by atoms with Crippen LogP contribution in [0.2, 0.25) is 0 Å². The number of anilines is 1. The van der Waals surface area contributed by atoms with Crippen LogP contribution in [0.5, 0.6) is 0 Å². The number of fused-ring (bicyclic) bond motifs is 1. The molecule has 2 aromatic carbocycles. The smallest absolute Gasteiger partial charge is 0.226 e. The Labute approximate surface area is 180 Å². The van der Waals surface area contributed by atoms with Gasteiger partial charge in [0.1, 0.15) is 12.1 Å². The Kier molecular flexibility index (Phi) is 6.66. The Bertz CT molecular complexity index is 969. The lowest BCUT2D eigenvalue weighted by molar-refractivity contribution is 0.572. The molecular weight excluding hydrogens is 470 g/mol. The van der Waals surface area contributed by atoms with E-state index in [-0.39, 0.29) is 29.8 Å². The molecule has 1 aliphatic rings. The number of aryl methyl sites for hydroxylation is 2. The van der Waals surface area contributed by atoms with Crippen LogP contribution in [-0.4, -0.2) is 17.5 Å². The molecule has 0 bridgehead atoms.